The molecule has 1 fully saturated rings. The lowest BCUT2D eigenvalue weighted by Gasteiger charge is -2.15. The minimum Gasteiger partial charge on any atom is -0.435 e. The molecule has 6 heteroatoms. The van der Waals surface area contributed by atoms with Gasteiger partial charge in [0, 0.05) is 36.2 Å². The summed E-state index contributed by atoms with van der Waals surface area (Å²) >= 11 is 0. The van der Waals surface area contributed by atoms with Gasteiger partial charge in [0.25, 0.3) is 0 Å². The molecule has 116 valence electrons. The van der Waals surface area contributed by atoms with Crippen molar-refractivity contribution < 1.29 is 18.3 Å². The molecule has 4 nitrogen and oxygen atoms in total. The minimum atomic E-state index is -2.84. The Morgan fingerprint density at radius 3 is 2.82 bits per heavy atom. The highest BCUT2D eigenvalue weighted by Gasteiger charge is 2.26. The van der Waals surface area contributed by atoms with E-state index in [-0.39, 0.29) is 17.9 Å². The molecule has 1 aliphatic rings. The van der Waals surface area contributed by atoms with Crippen LogP contribution in [0.2, 0.25) is 0 Å². The van der Waals surface area contributed by atoms with Crippen LogP contribution in [-0.4, -0.2) is 24.2 Å². The van der Waals surface area contributed by atoms with Crippen molar-refractivity contribution in [2.75, 3.05) is 6.61 Å². The van der Waals surface area contributed by atoms with Gasteiger partial charge in [-0.1, -0.05) is 12.1 Å². The first-order valence-electron chi connectivity index (χ1n) is 7.01. The molecule has 1 aromatic heterocycles. The van der Waals surface area contributed by atoms with Crippen molar-refractivity contribution in [1.82, 2.24) is 4.98 Å². The smallest absolute Gasteiger partial charge is 0.387 e. The van der Waals surface area contributed by atoms with Crippen LogP contribution in [0.15, 0.2) is 42.7 Å². The third kappa shape index (κ3) is 3.23. The molecule has 2 atom stereocenters. The molecule has 1 aromatic carbocycles. The van der Waals surface area contributed by atoms with Crippen molar-refractivity contribution in [3.05, 3.63) is 48.3 Å². The average Bonchev–Trinajstić information content (AvgIpc) is 2.93. The fourth-order valence-corrected chi connectivity index (χ4v) is 2.57. The molecule has 2 aromatic rings. The van der Waals surface area contributed by atoms with Crippen molar-refractivity contribution in [3.63, 3.8) is 0 Å². The summed E-state index contributed by atoms with van der Waals surface area (Å²) < 4.78 is 34.7. The number of benzene rings is 1. The lowest BCUT2D eigenvalue weighted by atomic mass is 10.0. The number of pyridine rings is 1. The van der Waals surface area contributed by atoms with Crippen molar-refractivity contribution in [1.29, 1.82) is 0 Å². The van der Waals surface area contributed by atoms with Crippen LogP contribution in [0.4, 0.5) is 8.78 Å². The Hall–Kier alpha value is -2.05. The average molecular weight is 306 g/mol. The molecule has 0 spiro atoms. The highest BCUT2D eigenvalue weighted by atomic mass is 19.3. The number of hydrogen-bond donors (Lipinski definition) is 1. The van der Waals surface area contributed by atoms with Gasteiger partial charge in [0.2, 0.25) is 0 Å². The number of rotatable bonds is 4. The fraction of sp³-hybridized carbons (Fsp3) is 0.312. The van der Waals surface area contributed by atoms with Crippen molar-refractivity contribution in [2.45, 2.75) is 25.2 Å². The molecule has 1 aliphatic heterocycles. The quantitative estimate of drug-likeness (QED) is 0.943. The Kier molecular flexibility index (Phi) is 4.31. The summed E-state index contributed by atoms with van der Waals surface area (Å²) in [6.07, 6.45) is 4.03. The molecular weight excluding hydrogens is 290 g/mol. The summed E-state index contributed by atoms with van der Waals surface area (Å²) in [7, 11) is 0. The summed E-state index contributed by atoms with van der Waals surface area (Å²) in [5, 5.41) is 0. The lowest BCUT2D eigenvalue weighted by Crippen LogP contribution is -2.23. The first kappa shape index (κ1) is 14.9. The summed E-state index contributed by atoms with van der Waals surface area (Å²) in [5.41, 5.74) is 8.47. The lowest BCUT2D eigenvalue weighted by molar-refractivity contribution is -0.0498. The van der Waals surface area contributed by atoms with Crippen molar-refractivity contribution in [3.8, 4) is 16.9 Å². The van der Waals surface area contributed by atoms with E-state index in [1.165, 1.54) is 6.07 Å². The third-order valence-electron chi connectivity index (χ3n) is 3.62. The molecule has 0 radical (unpaired) electrons. The second-order valence-electron chi connectivity index (χ2n) is 5.16. The maximum atomic E-state index is 12.3. The van der Waals surface area contributed by atoms with Gasteiger partial charge in [-0.05, 0) is 30.2 Å². The molecule has 2 heterocycles. The number of halogens is 2. The number of hydrogen-bond acceptors (Lipinski definition) is 4. The van der Waals surface area contributed by atoms with Crippen LogP contribution in [0.25, 0.3) is 11.1 Å². The summed E-state index contributed by atoms with van der Waals surface area (Å²) in [6.45, 7) is -2.21. The molecule has 3 rings (SSSR count). The van der Waals surface area contributed by atoms with Crippen LogP contribution in [0.3, 0.4) is 0 Å². The topological polar surface area (TPSA) is 57.4 Å². The summed E-state index contributed by atoms with van der Waals surface area (Å²) in [6, 6.07) is 8.40. The van der Waals surface area contributed by atoms with Gasteiger partial charge in [-0.2, -0.15) is 8.78 Å². The van der Waals surface area contributed by atoms with Gasteiger partial charge >= 0.3 is 6.61 Å². The molecule has 0 amide bonds. The van der Waals surface area contributed by atoms with Crippen LogP contribution >= 0.6 is 0 Å². The summed E-state index contributed by atoms with van der Waals surface area (Å²) in [4.78, 5) is 4.21. The summed E-state index contributed by atoms with van der Waals surface area (Å²) in [5.74, 6) is 0.117. The Morgan fingerprint density at radius 1 is 1.23 bits per heavy atom. The van der Waals surface area contributed by atoms with E-state index < -0.39 is 6.61 Å². The van der Waals surface area contributed by atoms with E-state index >= 15 is 0 Å². The Morgan fingerprint density at radius 2 is 2.09 bits per heavy atom. The third-order valence-corrected chi connectivity index (χ3v) is 3.62. The van der Waals surface area contributed by atoms with E-state index in [4.69, 9.17) is 10.5 Å². The predicted molar refractivity (Wildman–Crippen MR) is 77.6 cm³/mol. The number of nitrogens with two attached hydrogens (primary N) is 1. The second-order valence-corrected chi connectivity index (χ2v) is 5.16. The largest absolute Gasteiger partial charge is 0.435 e. The SMILES string of the molecule is N[C@@H]1CCO[C@H]1c1cncc(-c2cccc(OC(F)F)c2)c1. The van der Waals surface area contributed by atoms with Crippen LogP contribution < -0.4 is 10.5 Å². The molecule has 0 unspecified atom stereocenters. The van der Waals surface area contributed by atoms with Gasteiger partial charge in [0.05, 0.1) is 6.10 Å². The zero-order valence-corrected chi connectivity index (χ0v) is 11.8. The molecule has 1 saturated heterocycles. The zero-order chi connectivity index (χ0) is 15.5. The van der Waals surface area contributed by atoms with Gasteiger partial charge in [-0.25, -0.2) is 0 Å². The maximum absolute atomic E-state index is 12.3. The van der Waals surface area contributed by atoms with E-state index in [9.17, 15) is 8.78 Å². The molecule has 2 N–H and O–H groups in total. The van der Waals surface area contributed by atoms with Gasteiger partial charge in [0.15, 0.2) is 0 Å². The second kappa shape index (κ2) is 6.37. The number of nitrogens with zero attached hydrogens (tertiary/aromatic N) is 1. The maximum Gasteiger partial charge on any atom is 0.387 e. The normalized spacial score (nSPS) is 21.3. The monoisotopic (exact) mass is 306 g/mol. The van der Waals surface area contributed by atoms with Crippen molar-refractivity contribution >= 4 is 0 Å². The molecular formula is C16H16F2N2O2. The standard InChI is InChI=1S/C16H16F2N2O2/c17-16(18)22-13-3-1-2-10(7-13)11-6-12(9-20-8-11)15-14(19)4-5-21-15/h1-3,6-9,14-16H,4-5,19H2/t14-,15+/m1/s1. The molecule has 0 bridgehead atoms. The highest BCUT2D eigenvalue weighted by Crippen LogP contribution is 2.31. The molecule has 22 heavy (non-hydrogen) atoms. The Labute approximate surface area is 126 Å². The fourth-order valence-electron chi connectivity index (χ4n) is 2.57. The van der Waals surface area contributed by atoms with Crippen LogP contribution in [-0.2, 0) is 4.74 Å². The van der Waals surface area contributed by atoms with Gasteiger partial charge in [0.1, 0.15) is 5.75 Å². The molecule has 0 saturated carbocycles. The first-order valence-corrected chi connectivity index (χ1v) is 7.01. The van der Waals surface area contributed by atoms with E-state index in [1.54, 1.807) is 24.5 Å². The van der Waals surface area contributed by atoms with Gasteiger partial charge in [-0.15, -0.1) is 0 Å². The number of aromatic nitrogens is 1. The van der Waals surface area contributed by atoms with Crippen molar-refractivity contribution in [2.24, 2.45) is 5.73 Å². The zero-order valence-electron chi connectivity index (χ0n) is 11.8. The van der Waals surface area contributed by atoms with E-state index in [0.29, 0.717) is 6.61 Å². The van der Waals surface area contributed by atoms with Gasteiger partial charge in [-0.3, -0.25) is 4.98 Å². The van der Waals surface area contributed by atoms with Gasteiger partial charge < -0.3 is 15.2 Å². The van der Waals surface area contributed by atoms with Crippen LogP contribution in [0.1, 0.15) is 18.1 Å². The van der Waals surface area contributed by atoms with E-state index in [2.05, 4.69) is 9.72 Å². The predicted octanol–water partition coefficient (Wildman–Crippen LogP) is 3.14. The van der Waals surface area contributed by atoms with Crippen LogP contribution in [0, 0.1) is 0 Å². The first-order chi connectivity index (χ1) is 10.6. The Balaban J connectivity index is 1.88. The molecule has 0 aliphatic carbocycles. The minimum absolute atomic E-state index is 0.0504. The number of alkyl halides is 2. The van der Waals surface area contributed by atoms with Crippen LogP contribution in [0.5, 0.6) is 5.75 Å². The highest BCUT2D eigenvalue weighted by molar-refractivity contribution is 5.65. The van der Waals surface area contributed by atoms with E-state index in [1.807, 2.05) is 12.1 Å². The number of ether oxygens (including phenoxy) is 2. The Bertz CT molecular complexity index is 652. The van der Waals surface area contributed by atoms with E-state index in [0.717, 1.165) is 23.1 Å².